The van der Waals surface area contributed by atoms with Crippen LogP contribution in [0.15, 0.2) is 0 Å². The molecular formula is C18H34. The SMILES string of the molecule is CC1CCC(CCC2CCC(C)C(C)C2)CC1C. The average Bonchev–Trinajstić information content (AvgIpc) is 2.35. The van der Waals surface area contributed by atoms with Crippen LogP contribution in [0.25, 0.3) is 0 Å². The molecule has 0 saturated heterocycles. The van der Waals surface area contributed by atoms with Gasteiger partial charge in [0, 0.05) is 0 Å². The molecular weight excluding hydrogens is 216 g/mol. The molecule has 0 aliphatic heterocycles. The van der Waals surface area contributed by atoms with Crippen LogP contribution in [0.1, 0.15) is 79.1 Å². The Bertz CT molecular complexity index is 218. The van der Waals surface area contributed by atoms with Crippen molar-refractivity contribution in [3.63, 3.8) is 0 Å². The maximum Gasteiger partial charge on any atom is -0.0411 e. The van der Waals surface area contributed by atoms with Crippen LogP contribution in [-0.4, -0.2) is 0 Å². The molecule has 0 aromatic heterocycles. The minimum Gasteiger partial charge on any atom is -0.0623 e. The largest absolute Gasteiger partial charge is 0.0623 e. The van der Waals surface area contributed by atoms with Crippen LogP contribution in [0.3, 0.4) is 0 Å². The third kappa shape index (κ3) is 3.75. The van der Waals surface area contributed by atoms with Crippen molar-refractivity contribution >= 4 is 0 Å². The molecule has 0 amide bonds. The van der Waals surface area contributed by atoms with Crippen molar-refractivity contribution in [3.05, 3.63) is 0 Å². The maximum absolute atomic E-state index is 2.47. The third-order valence-corrected chi connectivity index (χ3v) is 6.40. The highest BCUT2D eigenvalue weighted by molar-refractivity contribution is 4.79. The van der Waals surface area contributed by atoms with Gasteiger partial charge in [-0.1, -0.05) is 66.2 Å². The van der Waals surface area contributed by atoms with Gasteiger partial charge in [-0.25, -0.2) is 0 Å². The third-order valence-electron chi connectivity index (χ3n) is 6.40. The topological polar surface area (TPSA) is 0 Å². The predicted octanol–water partition coefficient (Wildman–Crippen LogP) is 5.91. The van der Waals surface area contributed by atoms with E-state index in [2.05, 4.69) is 27.7 Å². The summed E-state index contributed by atoms with van der Waals surface area (Å²) in [4.78, 5) is 0. The Labute approximate surface area is 115 Å². The molecule has 0 bridgehead atoms. The summed E-state index contributed by atoms with van der Waals surface area (Å²) in [7, 11) is 0. The second-order valence-corrected chi connectivity index (χ2v) is 7.84. The van der Waals surface area contributed by atoms with Gasteiger partial charge in [0.2, 0.25) is 0 Å². The van der Waals surface area contributed by atoms with Crippen molar-refractivity contribution < 1.29 is 0 Å². The van der Waals surface area contributed by atoms with Gasteiger partial charge in [-0.2, -0.15) is 0 Å². The molecule has 6 unspecified atom stereocenters. The summed E-state index contributed by atoms with van der Waals surface area (Å²) in [6.45, 7) is 9.85. The second kappa shape index (κ2) is 6.44. The molecule has 0 heterocycles. The van der Waals surface area contributed by atoms with E-state index in [4.69, 9.17) is 0 Å². The summed E-state index contributed by atoms with van der Waals surface area (Å²) in [5.41, 5.74) is 0. The smallest absolute Gasteiger partial charge is 0.0411 e. The molecule has 2 fully saturated rings. The van der Waals surface area contributed by atoms with Gasteiger partial charge in [0.05, 0.1) is 0 Å². The molecule has 2 rings (SSSR count). The van der Waals surface area contributed by atoms with Gasteiger partial charge in [-0.15, -0.1) is 0 Å². The summed E-state index contributed by atoms with van der Waals surface area (Å²) < 4.78 is 0. The zero-order valence-corrected chi connectivity index (χ0v) is 13.1. The van der Waals surface area contributed by atoms with E-state index in [0.717, 1.165) is 35.5 Å². The molecule has 0 aromatic carbocycles. The zero-order valence-electron chi connectivity index (χ0n) is 13.1. The van der Waals surface area contributed by atoms with E-state index in [1.165, 1.54) is 51.4 Å². The fourth-order valence-corrected chi connectivity index (χ4v) is 4.31. The van der Waals surface area contributed by atoms with Crippen LogP contribution in [0.2, 0.25) is 0 Å². The first kappa shape index (κ1) is 14.4. The molecule has 2 saturated carbocycles. The Morgan fingerprint density at radius 3 is 1.28 bits per heavy atom. The van der Waals surface area contributed by atoms with Gasteiger partial charge >= 0.3 is 0 Å². The summed E-state index contributed by atoms with van der Waals surface area (Å²) >= 11 is 0. The Morgan fingerprint density at radius 1 is 0.556 bits per heavy atom. The molecule has 0 radical (unpaired) electrons. The first-order chi connectivity index (χ1) is 8.56. The minimum atomic E-state index is 0.981. The molecule has 106 valence electrons. The Morgan fingerprint density at radius 2 is 0.944 bits per heavy atom. The molecule has 0 nitrogen and oxygen atoms in total. The summed E-state index contributed by atoms with van der Waals surface area (Å²) in [5, 5.41) is 0. The highest BCUT2D eigenvalue weighted by Crippen LogP contribution is 2.39. The van der Waals surface area contributed by atoms with Crippen molar-refractivity contribution in [2.75, 3.05) is 0 Å². The Kier molecular flexibility index (Phi) is 5.15. The first-order valence-electron chi connectivity index (χ1n) is 8.56. The number of rotatable bonds is 3. The lowest BCUT2D eigenvalue weighted by molar-refractivity contribution is 0.163. The normalized spacial score (nSPS) is 46.0. The molecule has 6 atom stereocenters. The highest BCUT2D eigenvalue weighted by Gasteiger charge is 2.27. The van der Waals surface area contributed by atoms with E-state index in [9.17, 15) is 0 Å². The fourth-order valence-electron chi connectivity index (χ4n) is 4.31. The molecule has 0 spiro atoms. The van der Waals surface area contributed by atoms with E-state index >= 15 is 0 Å². The standard InChI is InChI=1S/C18H34/c1-13-5-7-17(11-15(13)3)9-10-18-8-6-14(2)16(4)12-18/h13-18H,5-12H2,1-4H3. The van der Waals surface area contributed by atoms with Crippen molar-refractivity contribution in [2.45, 2.75) is 79.1 Å². The van der Waals surface area contributed by atoms with Gasteiger partial charge in [0.25, 0.3) is 0 Å². The van der Waals surface area contributed by atoms with Crippen LogP contribution in [0.5, 0.6) is 0 Å². The highest BCUT2D eigenvalue weighted by atomic mass is 14.3. The van der Waals surface area contributed by atoms with Crippen LogP contribution in [0, 0.1) is 35.5 Å². The van der Waals surface area contributed by atoms with E-state index < -0.39 is 0 Å². The van der Waals surface area contributed by atoms with Gasteiger partial charge in [-0.3, -0.25) is 0 Å². The zero-order chi connectivity index (χ0) is 13.1. The molecule has 18 heavy (non-hydrogen) atoms. The molecule has 2 aliphatic carbocycles. The Hall–Kier alpha value is 0. The summed E-state index contributed by atoms with van der Waals surface area (Å²) in [6.07, 6.45) is 12.1. The van der Waals surface area contributed by atoms with Crippen LogP contribution < -0.4 is 0 Å². The van der Waals surface area contributed by atoms with Crippen molar-refractivity contribution in [2.24, 2.45) is 35.5 Å². The van der Waals surface area contributed by atoms with E-state index in [-0.39, 0.29) is 0 Å². The summed E-state index contributed by atoms with van der Waals surface area (Å²) in [6, 6.07) is 0. The van der Waals surface area contributed by atoms with E-state index in [0.29, 0.717) is 0 Å². The van der Waals surface area contributed by atoms with Crippen LogP contribution in [-0.2, 0) is 0 Å². The maximum atomic E-state index is 2.47. The lowest BCUT2D eigenvalue weighted by Gasteiger charge is -2.35. The summed E-state index contributed by atoms with van der Waals surface area (Å²) in [5.74, 6) is 6.05. The molecule has 0 aromatic rings. The lowest BCUT2D eigenvalue weighted by Crippen LogP contribution is -2.23. The number of hydrogen-bond acceptors (Lipinski definition) is 0. The van der Waals surface area contributed by atoms with Crippen LogP contribution in [0.4, 0.5) is 0 Å². The Balaban J connectivity index is 1.69. The van der Waals surface area contributed by atoms with Gasteiger partial charge in [0.15, 0.2) is 0 Å². The van der Waals surface area contributed by atoms with Gasteiger partial charge in [0.1, 0.15) is 0 Å². The van der Waals surface area contributed by atoms with Crippen molar-refractivity contribution in [1.82, 2.24) is 0 Å². The second-order valence-electron chi connectivity index (χ2n) is 7.84. The minimum absolute atomic E-state index is 0.981. The van der Waals surface area contributed by atoms with Crippen molar-refractivity contribution in [3.8, 4) is 0 Å². The molecule has 0 N–H and O–H groups in total. The van der Waals surface area contributed by atoms with Gasteiger partial charge in [-0.05, 0) is 48.3 Å². The number of hydrogen-bond donors (Lipinski definition) is 0. The first-order valence-corrected chi connectivity index (χ1v) is 8.56. The quantitative estimate of drug-likeness (QED) is 0.584. The van der Waals surface area contributed by atoms with E-state index in [1.54, 1.807) is 0 Å². The monoisotopic (exact) mass is 250 g/mol. The fraction of sp³-hybridized carbons (Fsp3) is 1.00. The average molecular weight is 250 g/mol. The van der Waals surface area contributed by atoms with E-state index in [1.807, 2.05) is 0 Å². The van der Waals surface area contributed by atoms with Crippen molar-refractivity contribution in [1.29, 1.82) is 0 Å². The predicted molar refractivity (Wildman–Crippen MR) is 80.6 cm³/mol. The lowest BCUT2D eigenvalue weighted by atomic mass is 9.71. The van der Waals surface area contributed by atoms with Gasteiger partial charge < -0.3 is 0 Å². The molecule has 0 heteroatoms. The van der Waals surface area contributed by atoms with Crippen LogP contribution >= 0.6 is 0 Å². The molecule has 2 aliphatic rings.